The lowest BCUT2D eigenvalue weighted by Gasteiger charge is -2.15. The number of anilines is 1. The van der Waals surface area contributed by atoms with E-state index in [4.69, 9.17) is 0 Å². The molecule has 0 amide bonds. The van der Waals surface area contributed by atoms with Crippen LogP contribution in [0.3, 0.4) is 0 Å². The van der Waals surface area contributed by atoms with E-state index in [1.54, 1.807) is 24.7 Å². The molecule has 2 N–H and O–H groups in total. The number of hydrazone groups is 1. The van der Waals surface area contributed by atoms with Gasteiger partial charge in [-0.2, -0.15) is 5.10 Å². The predicted molar refractivity (Wildman–Crippen MR) is 76.8 cm³/mol. The molecule has 2 aromatic heterocycles. The molecule has 7 heteroatoms. The van der Waals surface area contributed by atoms with E-state index < -0.39 is 0 Å². The minimum absolute atomic E-state index is 0.197. The van der Waals surface area contributed by atoms with Gasteiger partial charge in [-0.1, -0.05) is 26.8 Å². The number of pyridine rings is 1. The first-order chi connectivity index (χ1) is 9.47. The molecule has 0 saturated heterocycles. The smallest absolute Gasteiger partial charge is 0.274 e. The first-order valence-electron chi connectivity index (χ1n) is 6.13. The maximum absolute atomic E-state index is 11.9. The Labute approximate surface area is 116 Å². The molecule has 0 unspecified atom stereocenters. The third-order valence-corrected chi connectivity index (χ3v) is 2.48. The normalized spacial score (nSPS) is 11.8. The van der Waals surface area contributed by atoms with E-state index in [0.29, 0.717) is 5.69 Å². The Kier molecular flexibility index (Phi) is 3.88. The van der Waals surface area contributed by atoms with Gasteiger partial charge in [0, 0.05) is 23.4 Å². The number of hydrogen-bond acceptors (Lipinski definition) is 6. The fourth-order valence-corrected chi connectivity index (χ4v) is 1.50. The highest BCUT2D eigenvalue weighted by Crippen LogP contribution is 2.15. The average Bonchev–Trinajstić information content (AvgIpc) is 2.38. The van der Waals surface area contributed by atoms with Gasteiger partial charge in [0.2, 0.25) is 5.95 Å². The molecule has 2 rings (SSSR count). The van der Waals surface area contributed by atoms with Gasteiger partial charge in [0.05, 0.1) is 6.21 Å². The van der Waals surface area contributed by atoms with Crippen LogP contribution in [0.5, 0.6) is 0 Å². The largest absolute Gasteiger partial charge is 0.288 e. The van der Waals surface area contributed by atoms with Crippen LogP contribution >= 0.6 is 0 Å². The molecule has 0 aliphatic rings. The maximum Gasteiger partial charge on any atom is 0.274 e. The molecule has 0 bridgehead atoms. The van der Waals surface area contributed by atoms with Crippen molar-refractivity contribution in [3.05, 3.63) is 46.1 Å². The number of hydrogen-bond donors (Lipinski definition) is 2. The van der Waals surface area contributed by atoms with Crippen molar-refractivity contribution in [3.8, 4) is 0 Å². The molecule has 0 aromatic carbocycles. The topological polar surface area (TPSA) is 95.9 Å². The number of aromatic amines is 1. The predicted octanol–water partition coefficient (Wildman–Crippen LogP) is 1.30. The molecule has 0 aliphatic carbocycles. The molecular weight excluding hydrogens is 256 g/mol. The van der Waals surface area contributed by atoms with E-state index in [9.17, 15) is 4.79 Å². The molecule has 0 radical (unpaired) electrons. The van der Waals surface area contributed by atoms with Crippen molar-refractivity contribution < 1.29 is 0 Å². The Morgan fingerprint density at radius 3 is 2.75 bits per heavy atom. The minimum Gasteiger partial charge on any atom is -0.288 e. The number of nitrogens with zero attached hydrogens (tertiary/aromatic N) is 4. The van der Waals surface area contributed by atoms with Crippen molar-refractivity contribution in [2.75, 3.05) is 5.43 Å². The Morgan fingerprint density at radius 1 is 1.35 bits per heavy atom. The Balaban J connectivity index is 2.10. The molecule has 0 spiro atoms. The summed E-state index contributed by atoms with van der Waals surface area (Å²) >= 11 is 0. The first kappa shape index (κ1) is 13.9. The summed E-state index contributed by atoms with van der Waals surface area (Å²) in [5.41, 5.74) is 3.23. The maximum atomic E-state index is 11.9. The van der Waals surface area contributed by atoms with Gasteiger partial charge in [-0.3, -0.25) is 14.8 Å². The van der Waals surface area contributed by atoms with E-state index in [2.05, 4.69) is 30.7 Å². The third-order valence-electron chi connectivity index (χ3n) is 2.48. The van der Waals surface area contributed by atoms with Gasteiger partial charge >= 0.3 is 0 Å². The summed E-state index contributed by atoms with van der Waals surface area (Å²) < 4.78 is 0. The molecule has 0 aliphatic heterocycles. The fraction of sp³-hybridized carbons (Fsp3) is 0.308. The lowest BCUT2D eigenvalue weighted by molar-refractivity contribution is 0.547. The van der Waals surface area contributed by atoms with Crippen LogP contribution in [-0.4, -0.2) is 26.4 Å². The summed E-state index contributed by atoms with van der Waals surface area (Å²) in [6.45, 7) is 5.71. The lowest BCUT2D eigenvalue weighted by Crippen LogP contribution is -2.28. The summed E-state index contributed by atoms with van der Waals surface area (Å²) in [5.74, 6) is 0.197. The second kappa shape index (κ2) is 5.60. The highest BCUT2D eigenvalue weighted by atomic mass is 16.1. The van der Waals surface area contributed by atoms with E-state index in [1.165, 1.54) is 0 Å². The summed E-state index contributed by atoms with van der Waals surface area (Å²) in [4.78, 5) is 18.4. The monoisotopic (exact) mass is 272 g/mol. The Bertz CT molecular complexity index is 657. The van der Waals surface area contributed by atoms with Crippen molar-refractivity contribution in [1.82, 2.24) is 20.2 Å². The van der Waals surface area contributed by atoms with E-state index >= 15 is 0 Å². The van der Waals surface area contributed by atoms with Crippen molar-refractivity contribution in [2.45, 2.75) is 26.2 Å². The van der Waals surface area contributed by atoms with Crippen LogP contribution in [0.4, 0.5) is 5.95 Å². The van der Waals surface area contributed by atoms with Gasteiger partial charge in [-0.15, -0.1) is 10.2 Å². The van der Waals surface area contributed by atoms with Gasteiger partial charge in [0.1, 0.15) is 5.69 Å². The van der Waals surface area contributed by atoms with Crippen LogP contribution in [0.25, 0.3) is 0 Å². The molecule has 104 valence electrons. The number of aromatic nitrogens is 4. The molecular formula is C13H16N6O. The molecule has 0 fully saturated rings. The van der Waals surface area contributed by atoms with Gasteiger partial charge in [-0.25, -0.2) is 5.43 Å². The zero-order valence-electron chi connectivity index (χ0n) is 11.6. The lowest BCUT2D eigenvalue weighted by atomic mass is 9.93. The van der Waals surface area contributed by atoms with Crippen LogP contribution < -0.4 is 11.0 Å². The highest BCUT2D eigenvalue weighted by Gasteiger charge is 2.20. The van der Waals surface area contributed by atoms with Crippen LogP contribution in [-0.2, 0) is 5.41 Å². The summed E-state index contributed by atoms with van der Waals surface area (Å²) in [5, 5.41) is 11.8. The fourth-order valence-electron chi connectivity index (χ4n) is 1.50. The molecule has 2 heterocycles. The van der Waals surface area contributed by atoms with Crippen LogP contribution in [0.2, 0.25) is 0 Å². The van der Waals surface area contributed by atoms with E-state index in [1.807, 2.05) is 26.8 Å². The van der Waals surface area contributed by atoms with Crippen molar-refractivity contribution in [2.24, 2.45) is 5.10 Å². The highest BCUT2D eigenvalue weighted by molar-refractivity contribution is 5.79. The van der Waals surface area contributed by atoms with Gasteiger partial charge in [0.25, 0.3) is 5.56 Å². The Hall–Kier alpha value is -2.57. The van der Waals surface area contributed by atoms with Crippen molar-refractivity contribution in [1.29, 1.82) is 0 Å². The second-order valence-corrected chi connectivity index (χ2v) is 5.26. The zero-order valence-corrected chi connectivity index (χ0v) is 11.6. The third kappa shape index (κ3) is 3.47. The van der Waals surface area contributed by atoms with E-state index in [0.717, 1.165) is 5.56 Å². The van der Waals surface area contributed by atoms with Crippen LogP contribution in [0.1, 0.15) is 32.0 Å². The quantitative estimate of drug-likeness (QED) is 0.648. The molecule has 20 heavy (non-hydrogen) atoms. The van der Waals surface area contributed by atoms with Crippen LogP contribution in [0.15, 0.2) is 34.4 Å². The Morgan fingerprint density at radius 2 is 2.15 bits per heavy atom. The zero-order chi connectivity index (χ0) is 14.6. The number of rotatable bonds is 3. The summed E-state index contributed by atoms with van der Waals surface area (Å²) in [6.07, 6.45) is 4.92. The number of nitrogens with one attached hydrogen (secondary N) is 2. The molecule has 2 aromatic rings. The minimum atomic E-state index is -0.349. The van der Waals surface area contributed by atoms with Crippen LogP contribution in [0, 0.1) is 0 Å². The van der Waals surface area contributed by atoms with Crippen molar-refractivity contribution >= 4 is 12.2 Å². The molecule has 7 nitrogen and oxygen atoms in total. The first-order valence-corrected chi connectivity index (χ1v) is 6.13. The molecule has 0 atom stereocenters. The second-order valence-electron chi connectivity index (χ2n) is 5.26. The molecule has 0 saturated carbocycles. The summed E-state index contributed by atoms with van der Waals surface area (Å²) in [6, 6.07) is 3.66. The standard InChI is InChI=1S/C13H16N6O/c1-13(2,3)10-11(20)16-12(19-17-10)18-15-8-9-5-4-6-14-7-9/h4-8H,1-3H3,(H2,16,18,19,20)/b15-8+. The summed E-state index contributed by atoms with van der Waals surface area (Å²) in [7, 11) is 0. The van der Waals surface area contributed by atoms with E-state index in [-0.39, 0.29) is 16.9 Å². The van der Waals surface area contributed by atoms with Crippen molar-refractivity contribution in [3.63, 3.8) is 0 Å². The van der Waals surface area contributed by atoms with Gasteiger partial charge in [0.15, 0.2) is 0 Å². The van der Waals surface area contributed by atoms with Gasteiger partial charge < -0.3 is 0 Å². The average molecular weight is 272 g/mol. The number of H-pyrrole nitrogens is 1. The SMILES string of the molecule is CC(C)(C)c1nnc(N/N=C/c2cccnc2)[nH]c1=O. The van der Waals surface area contributed by atoms with Gasteiger partial charge in [-0.05, 0) is 6.07 Å².